The van der Waals surface area contributed by atoms with Crippen molar-refractivity contribution in [2.24, 2.45) is 11.8 Å². The van der Waals surface area contributed by atoms with Gasteiger partial charge in [0, 0.05) is 11.8 Å². The summed E-state index contributed by atoms with van der Waals surface area (Å²) in [6.45, 7) is 0.370. The molecule has 1 aliphatic carbocycles. The maximum absolute atomic E-state index is 12.3. The van der Waals surface area contributed by atoms with E-state index in [1.54, 1.807) is 20.3 Å². The fourth-order valence-electron chi connectivity index (χ4n) is 4.34. The van der Waals surface area contributed by atoms with Crippen LogP contribution in [0.4, 0.5) is 0 Å². The van der Waals surface area contributed by atoms with Gasteiger partial charge in [-0.25, -0.2) is 0 Å². The quantitative estimate of drug-likeness (QED) is 0.835. The predicted molar refractivity (Wildman–Crippen MR) is 97.7 cm³/mol. The summed E-state index contributed by atoms with van der Waals surface area (Å²) in [6, 6.07) is 9.33. The SMILES string of the molecule is COc1cc2c(cc1O)C(c1ccc(OC)c(OC)c1)[C@H]1COC(=O)[C@@H]1C2. The highest BCUT2D eigenvalue weighted by molar-refractivity contribution is 5.77. The molecule has 1 heterocycles. The Morgan fingerprint density at radius 1 is 1.00 bits per heavy atom. The van der Waals surface area contributed by atoms with E-state index in [1.165, 1.54) is 7.11 Å². The van der Waals surface area contributed by atoms with Crippen LogP contribution in [0.5, 0.6) is 23.0 Å². The van der Waals surface area contributed by atoms with Gasteiger partial charge in [0.25, 0.3) is 0 Å². The number of esters is 1. The van der Waals surface area contributed by atoms with Crippen molar-refractivity contribution in [1.29, 1.82) is 0 Å². The number of rotatable bonds is 4. The minimum absolute atomic E-state index is 0.0101. The van der Waals surface area contributed by atoms with Gasteiger partial charge >= 0.3 is 5.97 Å². The zero-order valence-corrected chi connectivity index (χ0v) is 15.5. The molecule has 6 nitrogen and oxygen atoms in total. The number of carbonyl (C=O) groups excluding carboxylic acids is 1. The summed E-state index contributed by atoms with van der Waals surface area (Å²) in [6.07, 6.45) is 0.583. The van der Waals surface area contributed by atoms with Gasteiger partial charge in [-0.15, -0.1) is 0 Å². The fraction of sp³-hybridized carbons (Fsp3) is 0.381. The molecule has 1 fully saturated rings. The summed E-state index contributed by atoms with van der Waals surface area (Å²) in [5, 5.41) is 10.3. The number of phenolic OH excluding ortho intramolecular Hbond substituents is 1. The van der Waals surface area contributed by atoms with Crippen LogP contribution in [-0.4, -0.2) is 39.0 Å². The van der Waals surface area contributed by atoms with Crippen molar-refractivity contribution in [3.05, 3.63) is 47.0 Å². The number of ether oxygens (including phenoxy) is 4. The highest BCUT2D eigenvalue weighted by Gasteiger charge is 2.47. The van der Waals surface area contributed by atoms with E-state index in [0.29, 0.717) is 30.3 Å². The maximum atomic E-state index is 12.3. The second-order valence-electron chi connectivity index (χ2n) is 6.92. The van der Waals surface area contributed by atoms with E-state index in [1.807, 2.05) is 24.3 Å². The van der Waals surface area contributed by atoms with Gasteiger partial charge in [-0.2, -0.15) is 0 Å². The van der Waals surface area contributed by atoms with E-state index >= 15 is 0 Å². The highest BCUT2D eigenvalue weighted by Crippen LogP contribution is 2.50. The Kier molecular flexibility index (Phi) is 4.34. The average molecular weight is 370 g/mol. The molecule has 0 radical (unpaired) electrons. The Morgan fingerprint density at radius 2 is 1.74 bits per heavy atom. The fourth-order valence-corrected chi connectivity index (χ4v) is 4.34. The molecule has 0 bridgehead atoms. The second-order valence-corrected chi connectivity index (χ2v) is 6.92. The van der Waals surface area contributed by atoms with Crippen LogP contribution in [-0.2, 0) is 16.0 Å². The van der Waals surface area contributed by atoms with Crippen molar-refractivity contribution in [2.75, 3.05) is 27.9 Å². The molecule has 3 atom stereocenters. The Morgan fingerprint density at radius 3 is 2.44 bits per heavy atom. The molecule has 1 saturated heterocycles. The minimum atomic E-state index is -0.204. The molecule has 1 aliphatic heterocycles. The van der Waals surface area contributed by atoms with Gasteiger partial charge in [-0.3, -0.25) is 4.79 Å². The lowest BCUT2D eigenvalue weighted by Crippen LogP contribution is -2.31. The first-order chi connectivity index (χ1) is 13.1. The van der Waals surface area contributed by atoms with Gasteiger partial charge in [-0.1, -0.05) is 6.07 Å². The Labute approximate surface area is 157 Å². The van der Waals surface area contributed by atoms with Gasteiger partial charge in [0.05, 0.1) is 33.9 Å². The number of methoxy groups -OCH3 is 3. The minimum Gasteiger partial charge on any atom is -0.504 e. The molecule has 2 aromatic carbocycles. The van der Waals surface area contributed by atoms with Crippen LogP contribution >= 0.6 is 0 Å². The summed E-state index contributed by atoms with van der Waals surface area (Å²) in [5.74, 6) is 1.31. The summed E-state index contributed by atoms with van der Waals surface area (Å²) in [7, 11) is 4.71. The molecule has 0 spiro atoms. The molecule has 27 heavy (non-hydrogen) atoms. The molecule has 0 aromatic heterocycles. The van der Waals surface area contributed by atoms with E-state index in [4.69, 9.17) is 18.9 Å². The smallest absolute Gasteiger partial charge is 0.309 e. The third kappa shape index (κ3) is 2.76. The van der Waals surface area contributed by atoms with Gasteiger partial charge in [0.1, 0.15) is 0 Å². The van der Waals surface area contributed by atoms with Crippen LogP contribution in [0.15, 0.2) is 30.3 Å². The average Bonchev–Trinajstić information content (AvgIpc) is 3.05. The topological polar surface area (TPSA) is 74.2 Å². The van der Waals surface area contributed by atoms with E-state index in [-0.39, 0.29) is 29.5 Å². The summed E-state index contributed by atoms with van der Waals surface area (Å²) in [5.41, 5.74) is 2.97. The highest BCUT2D eigenvalue weighted by atomic mass is 16.5. The van der Waals surface area contributed by atoms with E-state index in [9.17, 15) is 9.90 Å². The van der Waals surface area contributed by atoms with E-state index in [0.717, 1.165) is 16.7 Å². The standard InChI is InChI=1S/C21H22O6/c1-24-17-5-4-11(7-19(17)26-3)20-13-9-16(22)18(25-2)8-12(13)6-14-15(20)10-27-21(14)23/h4-5,7-9,14-15,20,22H,6,10H2,1-3H3/t14-,15+,20?/m1/s1. The lowest BCUT2D eigenvalue weighted by Gasteiger charge is -2.34. The number of benzene rings is 2. The predicted octanol–water partition coefficient (Wildman–Crippen LogP) is 2.90. The number of aromatic hydroxyl groups is 1. The van der Waals surface area contributed by atoms with Gasteiger partial charge in [0.2, 0.25) is 0 Å². The largest absolute Gasteiger partial charge is 0.504 e. The first kappa shape index (κ1) is 17.5. The summed E-state index contributed by atoms with van der Waals surface area (Å²) >= 11 is 0. The number of phenols is 1. The number of hydrogen-bond acceptors (Lipinski definition) is 6. The zero-order valence-electron chi connectivity index (χ0n) is 15.5. The molecule has 0 amide bonds. The van der Waals surface area contributed by atoms with Crippen molar-refractivity contribution in [3.8, 4) is 23.0 Å². The number of fused-ring (bicyclic) bond motifs is 2. The molecule has 6 heteroatoms. The molecule has 0 saturated carbocycles. The number of cyclic esters (lactones) is 1. The van der Waals surface area contributed by atoms with Crippen molar-refractivity contribution >= 4 is 5.97 Å². The third-order valence-corrected chi connectivity index (χ3v) is 5.65. The normalized spacial score (nSPS) is 23.2. The monoisotopic (exact) mass is 370 g/mol. The third-order valence-electron chi connectivity index (χ3n) is 5.65. The Hall–Kier alpha value is -2.89. The molecule has 2 aliphatic rings. The zero-order chi connectivity index (χ0) is 19.1. The van der Waals surface area contributed by atoms with Crippen LogP contribution in [0.1, 0.15) is 22.6 Å². The second kappa shape index (κ2) is 6.68. The molecule has 4 rings (SSSR count). The van der Waals surface area contributed by atoms with Crippen molar-refractivity contribution < 1.29 is 28.8 Å². The lowest BCUT2D eigenvalue weighted by molar-refractivity contribution is -0.141. The Balaban J connectivity index is 1.88. The molecule has 1 unspecified atom stereocenters. The molecule has 2 aromatic rings. The van der Waals surface area contributed by atoms with Crippen LogP contribution in [0, 0.1) is 11.8 Å². The first-order valence-electron chi connectivity index (χ1n) is 8.85. The van der Waals surface area contributed by atoms with Crippen molar-refractivity contribution in [1.82, 2.24) is 0 Å². The molecule has 142 valence electrons. The molecule has 1 N–H and O–H groups in total. The Bertz CT molecular complexity index is 890. The van der Waals surface area contributed by atoms with Gasteiger partial charge < -0.3 is 24.1 Å². The van der Waals surface area contributed by atoms with Crippen LogP contribution in [0.2, 0.25) is 0 Å². The van der Waals surface area contributed by atoms with Crippen LogP contribution in [0.3, 0.4) is 0 Å². The lowest BCUT2D eigenvalue weighted by atomic mass is 9.67. The van der Waals surface area contributed by atoms with Crippen LogP contribution < -0.4 is 14.2 Å². The number of carbonyl (C=O) groups is 1. The van der Waals surface area contributed by atoms with Crippen LogP contribution in [0.25, 0.3) is 0 Å². The van der Waals surface area contributed by atoms with Crippen molar-refractivity contribution in [3.63, 3.8) is 0 Å². The first-order valence-corrected chi connectivity index (χ1v) is 8.85. The molecular weight excluding hydrogens is 348 g/mol. The molecular formula is C21H22O6. The maximum Gasteiger partial charge on any atom is 0.309 e. The van der Waals surface area contributed by atoms with E-state index < -0.39 is 0 Å². The van der Waals surface area contributed by atoms with E-state index in [2.05, 4.69) is 0 Å². The summed E-state index contributed by atoms with van der Waals surface area (Å²) in [4.78, 5) is 12.3. The van der Waals surface area contributed by atoms with Gasteiger partial charge in [0.15, 0.2) is 23.0 Å². The van der Waals surface area contributed by atoms with Crippen molar-refractivity contribution in [2.45, 2.75) is 12.3 Å². The van der Waals surface area contributed by atoms with Gasteiger partial charge in [-0.05, 0) is 47.4 Å². The summed E-state index contributed by atoms with van der Waals surface area (Å²) < 4.78 is 21.4. The number of hydrogen-bond donors (Lipinski definition) is 1.